The van der Waals surface area contributed by atoms with Crippen LogP contribution in [0.15, 0.2) is 17.5 Å². The van der Waals surface area contributed by atoms with Crippen LogP contribution in [0.1, 0.15) is 31.6 Å². The maximum absolute atomic E-state index is 11.2. The summed E-state index contributed by atoms with van der Waals surface area (Å²) in [7, 11) is 0. The highest BCUT2D eigenvalue weighted by molar-refractivity contribution is 7.09. The molecular weight excluding hydrogens is 224 g/mol. The second-order valence-electron chi connectivity index (χ2n) is 3.68. The van der Waals surface area contributed by atoms with Crippen molar-refractivity contribution in [2.45, 2.75) is 38.7 Å². The lowest BCUT2D eigenvalue weighted by Crippen LogP contribution is -2.40. The van der Waals surface area contributed by atoms with Gasteiger partial charge in [0.15, 0.2) is 5.60 Å². The van der Waals surface area contributed by atoms with Crippen LogP contribution in [-0.4, -0.2) is 23.3 Å². The van der Waals surface area contributed by atoms with Crippen LogP contribution in [0, 0.1) is 0 Å². The first-order valence-electron chi connectivity index (χ1n) is 5.54. The van der Waals surface area contributed by atoms with Crippen molar-refractivity contribution in [3.63, 3.8) is 0 Å². The van der Waals surface area contributed by atoms with E-state index >= 15 is 0 Å². The van der Waals surface area contributed by atoms with Crippen LogP contribution in [0.25, 0.3) is 0 Å². The zero-order valence-corrected chi connectivity index (χ0v) is 10.5. The molecule has 0 saturated carbocycles. The topological polar surface area (TPSA) is 46.5 Å². The van der Waals surface area contributed by atoms with Crippen LogP contribution < -0.4 is 0 Å². The second kappa shape index (κ2) is 6.01. The molecule has 1 rings (SSSR count). The van der Waals surface area contributed by atoms with Crippen molar-refractivity contribution in [2.24, 2.45) is 0 Å². The van der Waals surface area contributed by atoms with Crippen LogP contribution >= 0.6 is 11.3 Å². The molecule has 0 radical (unpaired) electrons. The third kappa shape index (κ3) is 3.06. The summed E-state index contributed by atoms with van der Waals surface area (Å²) < 4.78 is 5.57. The molecule has 1 heterocycles. The van der Waals surface area contributed by atoms with E-state index in [4.69, 9.17) is 9.84 Å². The molecule has 1 aromatic rings. The van der Waals surface area contributed by atoms with E-state index in [1.54, 1.807) is 11.3 Å². The molecule has 16 heavy (non-hydrogen) atoms. The molecule has 0 aliphatic rings. The number of hydrogen-bond donors (Lipinski definition) is 1. The number of ether oxygens (including phenoxy) is 1. The van der Waals surface area contributed by atoms with E-state index in [1.807, 2.05) is 31.4 Å². The summed E-state index contributed by atoms with van der Waals surface area (Å²) in [5.74, 6) is -0.858. The van der Waals surface area contributed by atoms with Crippen LogP contribution in [0.3, 0.4) is 0 Å². The van der Waals surface area contributed by atoms with Crippen molar-refractivity contribution in [3.8, 4) is 0 Å². The Balaban J connectivity index is 2.47. The van der Waals surface area contributed by atoms with Gasteiger partial charge >= 0.3 is 5.97 Å². The average Bonchev–Trinajstić information content (AvgIpc) is 2.77. The van der Waals surface area contributed by atoms with Crippen molar-refractivity contribution in [1.82, 2.24) is 0 Å². The average molecular weight is 242 g/mol. The third-order valence-electron chi connectivity index (χ3n) is 2.84. The highest BCUT2D eigenvalue weighted by Crippen LogP contribution is 2.21. The quantitative estimate of drug-likeness (QED) is 0.799. The first kappa shape index (κ1) is 13.2. The van der Waals surface area contributed by atoms with Gasteiger partial charge in [0.1, 0.15) is 0 Å². The molecule has 0 aliphatic heterocycles. The van der Waals surface area contributed by atoms with E-state index in [1.165, 1.54) is 4.88 Å². The summed E-state index contributed by atoms with van der Waals surface area (Å²) in [4.78, 5) is 12.4. The van der Waals surface area contributed by atoms with Crippen LogP contribution in [0.4, 0.5) is 0 Å². The fourth-order valence-electron chi connectivity index (χ4n) is 1.62. The number of aliphatic carboxylic acids is 1. The SMILES string of the molecule is CCC(CC)(OCCc1cccs1)C(=O)O. The van der Waals surface area contributed by atoms with E-state index in [-0.39, 0.29) is 0 Å². The molecule has 0 saturated heterocycles. The highest BCUT2D eigenvalue weighted by atomic mass is 32.1. The smallest absolute Gasteiger partial charge is 0.335 e. The minimum absolute atomic E-state index is 0.467. The lowest BCUT2D eigenvalue weighted by molar-refractivity contribution is -0.167. The Hall–Kier alpha value is -0.870. The Morgan fingerprint density at radius 2 is 2.19 bits per heavy atom. The Morgan fingerprint density at radius 3 is 2.62 bits per heavy atom. The van der Waals surface area contributed by atoms with Gasteiger partial charge in [0.05, 0.1) is 6.61 Å². The predicted octanol–water partition coefficient (Wildman–Crippen LogP) is 2.95. The summed E-state index contributed by atoms with van der Waals surface area (Å²) >= 11 is 1.67. The van der Waals surface area contributed by atoms with Crippen molar-refractivity contribution < 1.29 is 14.6 Å². The number of carboxylic acid groups (broad SMARTS) is 1. The van der Waals surface area contributed by atoms with Crippen LogP contribution in [0.2, 0.25) is 0 Å². The molecule has 0 fully saturated rings. The fraction of sp³-hybridized carbons (Fsp3) is 0.583. The summed E-state index contributed by atoms with van der Waals surface area (Å²) in [6.45, 7) is 4.17. The van der Waals surface area contributed by atoms with E-state index in [2.05, 4.69) is 0 Å². The number of thiophene rings is 1. The number of carbonyl (C=O) groups is 1. The molecular formula is C12H18O3S. The second-order valence-corrected chi connectivity index (χ2v) is 4.72. The number of rotatable bonds is 7. The summed E-state index contributed by atoms with van der Waals surface area (Å²) in [5, 5.41) is 11.2. The third-order valence-corrected chi connectivity index (χ3v) is 3.78. The van der Waals surface area contributed by atoms with Crippen molar-refractivity contribution in [1.29, 1.82) is 0 Å². The Kier molecular flexibility index (Phi) is 4.96. The van der Waals surface area contributed by atoms with Gasteiger partial charge in [-0.15, -0.1) is 11.3 Å². The van der Waals surface area contributed by atoms with Crippen LogP contribution in [0.5, 0.6) is 0 Å². The van der Waals surface area contributed by atoms with Gasteiger partial charge in [-0.2, -0.15) is 0 Å². The maximum atomic E-state index is 11.2. The van der Waals surface area contributed by atoms with E-state index in [9.17, 15) is 4.79 Å². The van der Waals surface area contributed by atoms with E-state index in [0.717, 1.165) is 6.42 Å². The van der Waals surface area contributed by atoms with E-state index < -0.39 is 11.6 Å². The molecule has 0 aromatic carbocycles. The van der Waals surface area contributed by atoms with Gasteiger partial charge in [0.25, 0.3) is 0 Å². The lowest BCUT2D eigenvalue weighted by Gasteiger charge is -2.26. The van der Waals surface area contributed by atoms with Gasteiger partial charge in [-0.3, -0.25) is 0 Å². The van der Waals surface area contributed by atoms with Gasteiger partial charge in [0.2, 0.25) is 0 Å². The van der Waals surface area contributed by atoms with Gasteiger partial charge < -0.3 is 9.84 Å². The largest absolute Gasteiger partial charge is 0.479 e. The summed E-state index contributed by atoms with van der Waals surface area (Å²) in [6, 6.07) is 4.03. The molecule has 3 nitrogen and oxygen atoms in total. The predicted molar refractivity (Wildman–Crippen MR) is 64.9 cm³/mol. The lowest BCUT2D eigenvalue weighted by atomic mass is 9.97. The van der Waals surface area contributed by atoms with Gasteiger partial charge in [-0.1, -0.05) is 19.9 Å². The molecule has 1 aromatic heterocycles. The zero-order valence-electron chi connectivity index (χ0n) is 9.73. The maximum Gasteiger partial charge on any atom is 0.335 e. The number of carboxylic acids is 1. The molecule has 0 amide bonds. The van der Waals surface area contributed by atoms with Gasteiger partial charge in [0, 0.05) is 11.3 Å². The standard InChI is InChI=1S/C12H18O3S/c1-3-12(4-2,11(13)14)15-8-7-10-6-5-9-16-10/h5-6,9H,3-4,7-8H2,1-2H3,(H,13,14). The summed E-state index contributed by atoms with van der Waals surface area (Å²) in [6.07, 6.45) is 1.79. The molecule has 0 aliphatic carbocycles. The highest BCUT2D eigenvalue weighted by Gasteiger charge is 2.35. The Labute approximate surface area is 100 Å². The van der Waals surface area contributed by atoms with Crippen molar-refractivity contribution >= 4 is 17.3 Å². The first-order chi connectivity index (χ1) is 7.64. The molecule has 0 atom stereocenters. The minimum Gasteiger partial charge on any atom is -0.479 e. The minimum atomic E-state index is -1.00. The van der Waals surface area contributed by atoms with Crippen molar-refractivity contribution in [3.05, 3.63) is 22.4 Å². The monoisotopic (exact) mass is 242 g/mol. The Morgan fingerprint density at radius 1 is 1.50 bits per heavy atom. The fourth-order valence-corrected chi connectivity index (χ4v) is 2.31. The molecule has 4 heteroatoms. The van der Waals surface area contributed by atoms with Crippen molar-refractivity contribution in [2.75, 3.05) is 6.61 Å². The number of hydrogen-bond acceptors (Lipinski definition) is 3. The van der Waals surface area contributed by atoms with Gasteiger partial charge in [-0.05, 0) is 24.3 Å². The normalized spacial score (nSPS) is 11.6. The van der Waals surface area contributed by atoms with Gasteiger partial charge in [-0.25, -0.2) is 4.79 Å². The molecule has 0 bridgehead atoms. The molecule has 0 unspecified atom stereocenters. The van der Waals surface area contributed by atoms with Crippen LogP contribution in [-0.2, 0) is 16.0 Å². The molecule has 90 valence electrons. The van der Waals surface area contributed by atoms with E-state index in [0.29, 0.717) is 19.4 Å². The molecule has 0 spiro atoms. The first-order valence-corrected chi connectivity index (χ1v) is 6.42. The summed E-state index contributed by atoms with van der Waals surface area (Å²) in [5.41, 5.74) is -1.00. The molecule has 1 N–H and O–H groups in total. The Bertz CT molecular complexity index is 315. The zero-order chi connectivity index (χ0) is 12.0.